The molecule has 0 unspecified atom stereocenters. The lowest BCUT2D eigenvalue weighted by Gasteiger charge is -2.01. The molecule has 0 saturated heterocycles. The van der Waals surface area contributed by atoms with Crippen molar-refractivity contribution < 1.29 is 4.79 Å². The molecule has 0 aliphatic rings. The third-order valence-electron chi connectivity index (χ3n) is 2.45. The van der Waals surface area contributed by atoms with E-state index in [0.717, 1.165) is 21.3 Å². The number of halogens is 1. The predicted octanol–water partition coefficient (Wildman–Crippen LogP) is 3.28. The molecular weight excluding hydrogens is 324 g/mol. The van der Waals surface area contributed by atoms with Crippen molar-refractivity contribution in [2.24, 2.45) is 0 Å². The molecular formula is C14H13BrN2OS. The predicted molar refractivity (Wildman–Crippen MR) is 82.0 cm³/mol. The van der Waals surface area contributed by atoms with Gasteiger partial charge in [-0.25, -0.2) is 0 Å². The van der Waals surface area contributed by atoms with Gasteiger partial charge in [-0.2, -0.15) is 0 Å². The van der Waals surface area contributed by atoms with E-state index < -0.39 is 0 Å². The van der Waals surface area contributed by atoms with Crippen LogP contribution in [0.2, 0.25) is 0 Å². The second kappa shape index (κ2) is 7.21. The summed E-state index contributed by atoms with van der Waals surface area (Å²) in [6.07, 6.45) is 7.70. The summed E-state index contributed by atoms with van der Waals surface area (Å²) in [5, 5.41) is 4.84. The third-order valence-corrected chi connectivity index (χ3v) is 3.97. The summed E-state index contributed by atoms with van der Waals surface area (Å²) < 4.78 is 1.06. The fourth-order valence-electron chi connectivity index (χ4n) is 1.52. The molecule has 0 aromatic carbocycles. The number of aromatic nitrogens is 1. The van der Waals surface area contributed by atoms with Gasteiger partial charge in [-0.05, 0) is 57.1 Å². The summed E-state index contributed by atoms with van der Waals surface area (Å²) in [5.41, 5.74) is 2.15. The van der Waals surface area contributed by atoms with Crippen molar-refractivity contribution in [1.29, 1.82) is 0 Å². The Morgan fingerprint density at radius 1 is 1.53 bits per heavy atom. The Hall–Kier alpha value is -1.46. The zero-order chi connectivity index (χ0) is 13.5. The molecule has 2 rings (SSSR count). The summed E-state index contributed by atoms with van der Waals surface area (Å²) in [6, 6.07) is 5.87. The average molecular weight is 337 g/mol. The molecule has 1 amide bonds. The van der Waals surface area contributed by atoms with Gasteiger partial charge >= 0.3 is 0 Å². The minimum absolute atomic E-state index is 0.0776. The largest absolute Gasteiger partial charge is 0.352 e. The van der Waals surface area contributed by atoms with E-state index in [2.05, 4.69) is 26.2 Å². The number of thiophene rings is 1. The number of rotatable bonds is 5. The molecule has 0 spiro atoms. The topological polar surface area (TPSA) is 42.0 Å². The van der Waals surface area contributed by atoms with E-state index in [1.54, 1.807) is 29.7 Å². The van der Waals surface area contributed by atoms with Crippen LogP contribution in [-0.4, -0.2) is 17.4 Å². The van der Waals surface area contributed by atoms with E-state index in [9.17, 15) is 4.79 Å². The van der Waals surface area contributed by atoms with Crippen LogP contribution in [0.5, 0.6) is 0 Å². The number of carbonyl (C=O) groups excluding carboxylic acids is 1. The highest BCUT2D eigenvalue weighted by molar-refractivity contribution is 9.11. The average Bonchev–Trinajstić information content (AvgIpc) is 2.83. The Balaban J connectivity index is 1.74. The Bertz CT molecular complexity index is 566. The quantitative estimate of drug-likeness (QED) is 0.851. The number of pyridine rings is 1. The highest BCUT2D eigenvalue weighted by atomic mass is 79.9. The Morgan fingerprint density at radius 3 is 3.11 bits per heavy atom. The van der Waals surface area contributed by atoms with Gasteiger partial charge in [0.1, 0.15) is 0 Å². The summed E-state index contributed by atoms with van der Waals surface area (Å²) in [4.78, 5) is 15.6. The molecule has 98 valence electrons. The van der Waals surface area contributed by atoms with E-state index in [1.165, 1.54) is 0 Å². The van der Waals surface area contributed by atoms with E-state index in [4.69, 9.17) is 0 Å². The first-order valence-electron chi connectivity index (χ1n) is 5.83. The van der Waals surface area contributed by atoms with E-state index in [0.29, 0.717) is 6.54 Å². The lowest BCUT2D eigenvalue weighted by atomic mass is 10.2. The second-order valence-corrected chi connectivity index (χ2v) is 6.21. The van der Waals surface area contributed by atoms with Gasteiger partial charge in [-0.3, -0.25) is 9.78 Å². The fourth-order valence-corrected chi connectivity index (χ4v) is 2.66. The number of nitrogens with one attached hydrogen (secondary N) is 1. The first kappa shape index (κ1) is 14.0. The van der Waals surface area contributed by atoms with Gasteiger partial charge in [0, 0.05) is 25.0 Å². The van der Waals surface area contributed by atoms with Gasteiger partial charge in [0.25, 0.3) is 0 Å². The Kier molecular flexibility index (Phi) is 5.30. The molecule has 0 fully saturated rings. The summed E-state index contributed by atoms with van der Waals surface area (Å²) in [7, 11) is 0. The minimum Gasteiger partial charge on any atom is -0.352 e. The second-order valence-electron chi connectivity index (χ2n) is 3.92. The highest BCUT2D eigenvalue weighted by Crippen LogP contribution is 2.21. The van der Waals surface area contributed by atoms with E-state index in [-0.39, 0.29) is 5.91 Å². The lowest BCUT2D eigenvalue weighted by molar-refractivity contribution is -0.116. The fraction of sp³-hybridized carbons (Fsp3) is 0.143. The molecule has 2 aromatic heterocycles. The number of hydrogen-bond acceptors (Lipinski definition) is 3. The van der Waals surface area contributed by atoms with Crippen LogP contribution in [0, 0.1) is 0 Å². The van der Waals surface area contributed by atoms with Gasteiger partial charge in [0.2, 0.25) is 5.91 Å². The van der Waals surface area contributed by atoms with Crippen molar-refractivity contribution in [3.05, 3.63) is 57.0 Å². The van der Waals surface area contributed by atoms with Gasteiger partial charge < -0.3 is 5.32 Å². The summed E-state index contributed by atoms with van der Waals surface area (Å²) in [6.45, 7) is 0.613. The monoisotopic (exact) mass is 336 g/mol. The van der Waals surface area contributed by atoms with Crippen LogP contribution in [0.1, 0.15) is 11.1 Å². The maximum Gasteiger partial charge on any atom is 0.244 e. The molecule has 3 nitrogen and oxygen atoms in total. The Labute approximate surface area is 124 Å². The van der Waals surface area contributed by atoms with Crippen LogP contribution in [-0.2, 0) is 11.2 Å². The van der Waals surface area contributed by atoms with E-state index >= 15 is 0 Å². The zero-order valence-corrected chi connectivity index (χ0v) is 12.6. The SMILES string of the molecule is O=C(/C=C\c1csc(Br)c1)NCCc1cccnc1. The zero-order valence-electron chi connectivity index (χ0n) is 10.2. The maximum absolute atomic E-state index is 11.6. The van der Waals surface area contributed by atoms with Crippen LogP contribution in [0.15, 0.2) is 45.8 Å². The van der Waals surface area contributed by atoms with Crippen molar-refractivity contribution in [2.45, 2.75) is 6.42 Å². The lowest BCUT2D eigenvalue weighted by Crippen LogP contribution is -2.23. The molecule has 0 aliphatic carbocycles. The summed E-state index contributed by atoms with van der Waals surface area (Å²) in [5.74, 6) is -0.0776. The number of amides is 1. The van der Waals surface area contributed by atoms with Crippen LogP contribution >= 0.6 is 27.3 Å². The molecule has 0 atom stereocenters. The van der Waals surface area contributed by atoms with Gasteiger partial charge in [-0.15, -0.1) is 11.3 Å². The molecule has 0 aliphatic heterocycles. The molecule has 0 bridgehead atoms. The van der Waals surface area contributed by atoms with E-state index in [1.807, 2.05) is 29.8 Å². The molecule has 19 heavy (non-hydrogen) atoms. The molecule has 1 N–H and O–H groups in total. The maximum atomic E-state index is 11.6. The van der Waals surface area contributed by atoms with Gasteiger partial charge in [0.05, 0.1) is 3.79 Å². The van der Waals surface area contributed by atoms with Crippen LogP contribution in [0.4, 0.5) is 0 Å². The first-order valence-corrected chi connectivity index (χ1v) is 7.50. The first-order chi connectivity index (χ1) is 9.24. The number of carbonyl (C=O) groups is 1. The van der Waals surface area contributed by atoms with Crippen molar-refractivity contribution >= 4 is 39.2 Å². The Morgan fingerprint density at radius 2 is 2.42 bits per heavy atom. The van der Waals surface area contributed by atoms with Gasteiger partial charge in [-0.1, -0.05) is 6.07 Å². The normalized spacial score (nSPS) is 10.8. The van der Waals surface area contributed by atoms with Crippen LogP contribution < -0.4 is 5.32 Å². The molecule has 2 heterocycles. The van der Waals surface area contributed by atoms with Gasteiger partial charge in [0.15, 0.2) is 0 Å². The number of hydrogen-bond donors (Lipinski definition) is 1. The van der Waals surface area contributed by atoms with Crippen molar-refractivity contribution in [3.63, 3.8) is 0 Å². The molecule has 0 saturated carbocycles. The van der Waals surface area contributed by atoms with Crippen LogP contribution in [0.3, 0.4) is 0 Å². The number of nitrogens with zero attached hydrogens (tertiary/aromatic N) is 1. The molecule has 5 heteroatoms. The smallest absolute Gasteiger partial charge is 0.244 e. The van der Waals surface area contributed by atoms with Crippen molar-refractivity contribution in [1.82, 2.24) is 10.3 Å². The van der Waals surface area contributed by atoms with Crippen molar-refractivity contribution in [3.8, 4) is 0 Å². The summed E-state index contributed by atoms with van der Waals surface area (Å²) >= 11 is 4.98. The van der Waals surface area contributed by atoms with Crippen LogP contribution in [0.25, 0.3) is 6.08 Å². The molecule has 0 radical (unpaired) electrons. The standard InChI is InChI=1S/C14H13BrN2OS/c15-13-8-12(10-19-13)3-4-14(18)17-7-5-11-2-1-6-16-9-11/h1-4,6,8-10H,5,7H2,(H,17,18)/b4-3-. The minimum atomic E-state index is -0.0776. The van der Waals surface area contributed by atoms with Crippen molar-refractivity contribution in [2.75, 3.05) is 6.54 Å². The highest BCUT2D eigenvalue weighted by Gasteiger charge is 1.97. The molecule has 2 aromatic rings. The third kappa shape index (κ3) is 4.96.